The van der Waals surface area contributed by atoms with Gasteiger partial charge >= 0.3 is 5.63 Å². The smallest absolute Gasteiger partial charge is 0.366 e. The molecule has 0 aliphatic rings. The lowest BCUT2D eigenvalue weighted by atomic mass is 10.1. The number of benzene rings is 2. The van der Waals surface area contributed by atoms with E-state index in [-0.39, 0.29) is 5.52 Å². The Kier molecular flexibility index (Phi) is 3.12. The summed E-state index contributed by atoms with van der Waals surface area (Å²) in [6, 6.07) is 14.9. The van der Waals surface area contributed by atoms with E-state index in [2.05, 4.69) is 4.98 Å². The van der Waals surface area contributed by atoms with Gasteiger partial charge in [-0.1, -0.05) is 24.3 Å². The highest BCUT2D eigenvalue weighted by Crippen LogP contribution is 2.24. The second-order valence-corrected chi connectivity index (χ2v) is 5.20. The summed E-state index contributed by atoms with van der Waals surface area (Å²) < 4.78 is 16.3. The maximum absolute atomic E-state index is 12.0. The van der Waals surface area contributed by atoms with Gasteiger partial charge in [-0.05, 0) is 29.8 Å². The zero-order chi connectivity index (χ0) is 15.8. The molecule has 0 saturated heterocycles. The number of hydrogen-bond donors (Lipinski definition) is 0. The van der Waals surface area contributed by atoms with Gasteiger partial charge in [0.1, 0.15) is 11.3 Å². The standard InChI is InChI=1S/C18H13NO4/c1-21-12-6-4-5-11(9-12)10-15-19-16-17(23-15)13-7-2-3-8-14(13)22-18(16)20/h2-9H,10H2,1H3. The normalized spacial score (nSPS) is 11.2. The summed E-state index contributed by atoms with van der Waals surface area (Å²) in [4.78, 5) is 16.3. The van der Waals surface area contributed by atoms with E-state index in [4.69, 9.17) is 13.6 Å². The van der Waals surface area contributed by atoms with Gasteiger partial charge in [0, 0.05) is 6.42 Å². The molecule has 114 valence electrons. The van der Waals surface area contributed by atoms with Gasteiger partial charge in [0.05, 0.1) is 12.5 Å². The second kappa shape index (κ2) is 5.28. The molecule has 0 saturated carbocycles. The second-order valence-electron chi connectivity index (χ2n) is 5.20. The Morgan fingerprint density at radius 3 is 2.83 bits per heavy atom. The Bertz CT molecular complexity index is 1060. The highest BCUT2D eigenvalue weighted by molar-refractivity contribution is 5.98. The van der Waals surface area contributed by atoms with Crippen LogP contribution in [-0.4, -0.2) is 12.1 Å². The molecule has 4 rings (SSSR count). The van der Waals surface area contributed by atoms with Gasteiger partial charge in [0.2, 0.25) is 0 Å². The van der Waals surface area contributed by atoms with Crippen molar-refractivity contribution < 1.29 is 13.6 Å². The summed E-state index contributed by atoms with van der Waals surface area (Å²) in [5.41, 5.74) is 1.69. The predicted octanol–water partition coefficient (Wildman–Crippen LogP) is 3.53. The molecule has 0 aliphatic heterocycles. The van der Waals surface area contributed by atoms with Crippen LogP contribution in [0.15, 0.2) is 62.2 Å². The van der Waals surface area contributed by atoms with Crippen LogP contribution in [-0.2, 0) is 6.42 Å². The van der Waals surface area contributed by atoms with Crippen molar-refractivity contribution in [2.75, 3.05) is 7.11 Å². The third-order valence-corrected chi connectivity index (χ3v) is 3.69. The Morgan fingerprint density at radius 1 is 1.09 bits per heavy atom. The minimum Gasteiger partial charge on any atom is -0.497 e. The molecule has 0 unspecified atom stereocenters. The average molecular weight is 307 g/mol. The van der Waals surface area contributed by atoms with Gasteiger partial charge in [-0.3, -0.25) is 0 Å². The van der Waals surface area contributed by atoms with Gasteiger partial charge in [0.15, 0.2) is 17.0 Å². The molecule has 0 N–H and O–H groups in total. The molecule has 2 aromatic carbocycles. The zero-order valence-electron chi connectivity index (χ0n) is 12.4. The van der Waals surface area contributed by atoms with Crippen molar-refractivity contribution >= 4 is 22.1 Å². The fraction of sp³-hybridized carbons (Fsp3) is 0.111. The highest BCUT2D eigenvalue weighted by Gasteiger charge is 2.15. The number of oxazole rings is 1. The topological polar surface area (TPSA) is 65.5 Å². The van der Waals surface area contributed by atoms with Crippen molar-refractivity contribution in [1.29, 1.82) is 0 Å². The van der Waals surface area contributed by atoms with Gasteiger partial charge in [0.25, 0.3) is 0 Å². The van der Waals surface area contributed by atoms with Crippen molar-refractivity contribution in [1.82, 2.24) is 4.98 Å². The number of hydrogen-bond acceptors (Lipinski definition) is 5. The monoisotopic (exact) mass is 307 g/mol. The lowest BCUT2D eigenvalue weighted by Gasteiger charge is -2.01. The van der Waals surface area contributed by atoms with Gasteiger partial charge in [-0.25, -0.2) is 9.78 Å². The molecule has 0 bridgehead atoms. The minimum absolute atomic E-state index is 0.224. The lowest BCUT2D eigenvalue weighted by molar-refractivity contribution is 0.414. The minimum atomic E-state index is -0.487. The molecular weight excluding hydrogens is 294 g/mol. The summed E-state index contributed by atoms with van der Waals surface area (Å²) in [5, 5.41) is 0.742. The Balaban J connectivity index is 1.84. The van der Waals surface area contributed by atoms with Gasteiger partial charge in [-0.15, -0.1) is 0 Å². The van der Waals surface area contributed by atoms with Gasteiger partial charge in [-0.2, -0.15) is 0 Å². The Morgan fingerprint density at radius 2 is 1.96 bits per heavy atom. The number of rotatable bonds is 3. The number of para-hydroxylation sites is 1. The van der Waals surface area contributed by atoms with Crippen LogP contribution in [0.3, 0.4) is 0 Å². The number of nitrogens with zero attached hydrogens (tertiary/aromatic N) is 1. The van der Waals surface area contributed by atoms with Crippen LogP contribution in [0, 0.1) is 0 Å². The molecule has 4 aromatic rings. The number of aromatic nitrogens is 1. The average Bonchev–Trinajstić information content (AvgIpc) is 3.00. The summed E-state index contributed by atoms with van der Waals surface area (Å²) in [6.07, 6.45) is 0.472. The molecule has 2 heterocycles. The first-order valence-corrected chi connectivity index (χ1v) is 7.19. The van der Waals surface area contributed by atoms with Crippen molar-refractivity contribution in [3.8, 4) is 5.75 Å². The molecule has 5 heteroatoms. The largest absolute Gasteiger partial charge is 0.497 e. The van der Waals surface area contributed by atoms with Crippen molar-refractivity contribution in [2.24, 2.45) is 0 Å². The third kappa shape index (κ3) is 2.36. The lowest BCUT2D eigenvalue weighted by Crippen LogP contribution is -1.99. The van der Waals surface area contributed by atoms with E-state index >= 15 is 0 Å². The fourth-order valence-corrected chi connectivity index (χ4v) is 2.61. The van der Waals surface area contributed by atoms with E-state index in [0.29, 0.717) is 23.5 Å². The zero-order valence-corrected chi connectivity index (χ0v) is 12.4. The van der Waals surface area contributed by atoms with E-state index in [1.807, 2.05) is 42.5 Å². The molecule has 0 atom stereocenters. The van der Waals surface area contributed by atoms with Crippen LogP contribution in [0.1, 0.15) is 11.5 Å². The highest BCUT2D eigenvalue weighted by atomic mass is 16.5. The van der Waals surface area contributed by atoms with E-state index in [9.17, 15) is 4.79 Å². The van der Waals surface area contributed by atoms with Crippen molar-refractivity contribution in [3.05, 3.63) is 70.4 Å². The number of ether oxygens (including phenoxy) is 1. The first-order valence-electron chi connectivity index (χ1n) is 7.19. The summed E-state index contributed by atoms with van der Waals surface area (Å²) in [5.74, 6) is 1.24. The SMILES string of the molecule is COc1cccc(Cc2nc3c(=O)oc4ccccc4c3o2)c1. The van der Waals surface area contributed by atoms with Crippen molar-refractivity contribution in [3.63, 3.8) is 0 Å². The molecule has 23 heavy (non-hydrogen) atoms. The molecule has 0 aliphatic carbocycles. The van der Waals surface area contributed by atoms with E-state index < -0.39 is 5.63 Å². The quantitative estimate of drug-likeness (QED) is 0.542. The molecule has 0 amide bonds. The fourth-order valence-electron chi connectivity index (χ4n) is 2.61. The molecule has 0 spiro atoms. The molecule has 0 fully saturated rings. The van der Waals surface area contributed by atoms with Crippen LogP contribution >= 0.6 is 0 Å². The van der Waals surface area contributed by atoms with E-state index in [0.717, 1.165) is 16.7 Å². The molecule has 0 radical (unpaired) electrons. The Hall–Kier alpha value is -3.08. The number of methoxy groups -OCH3 is 1. The molecular formula is C18H13NO4. The van der Waals surface area contributed by atoms with Crippen molar-refractivity contribution in [2.45, 2.75) is 6.42 Å². The first kappa shape index (κ1) is 13.6. The summed E-state index contributed by atoms with van der Waals surface area (Å²) in [6.45, 7) is 0. The van der Waals surface area contributed by atoms with E-state index in [1.165, 1.54) is 0 Å². The summed E-state index contributed by atoms with van der Waals surface area (Å²) >= 11 is 0. The molecule has 2 aromatic heterocycles. The van der Waals surface area contributed by atoms with Crippen LogP contribution in [0.5, 0.6) is 5.75 Å². The van der Waals surface area contributed by atoms with Gasteiger partial charge < -0.3 is 13.6 Å². The number of fused-ring (bicyclic) bond motifs is 3. The van der Waals surface area contributed by atoms with Crippen LogP contribution in [0.4, 0.5) is 0 Å². The van der Waals surface area contributed by atoms with Crippen LogP contribution < -0.4 is 10.4 Å². The molecule has 5 nitrogen and oxygen atoms in total. The Labute approximate surface area is 131 Å². The summed E-state index contributed by atoms with van der Waals surface area (Å²) in [7, 11) is 1.62. The maximum Gasteiger partial charge on any atom is 0.366 e. The maximum atomic E-state index is 12.0. The third-order valence-electron chi connectivity index (χ3n) is 3.69. The van der Waals surface area contributed by atoms with E-state index in [1.54, 1.807) is 13.2 Å². The first-order chi connectivity index (χ1) is 11.2. The van der Waals surface area contributed by atoms with Crippen LogP contribution in [0.2, 0.25) is 0 Å². The predicted molar refractivity (Wildman–Crippen MR) is 85.9 cm³/mol. The van der Waals surface area contributed by atoms with Crippen LogP contribution in [0.25, 0.3) is 22.1 Å².